The van der Waals surface area contributed by atoms with Crippen molar-refractivity contribution >= 4 is 28.4 Å². The fraction of sp³-hybridized carbons (Fsp3) is 0.273. The van der Waals surface area contributed by atoms with Crippen LogP contribution in [0.2, 0.25) is 0 Å². The standard InChI is InChI=1S/C22H22FN5O2S/c1-15-19(20(29)25-13-18-3-2-8-24-12-18)31-21(26-15)28-10-9-27(22(28)30)14-17-6-4-16(11-23)5-7-17/h2-8,12H,9-11,13-14H2,1H3,(H,25,29). The van der Waals surface area contributed by atoms with Gasteiger partial charge in [0.1, 0.15) is 11.6 Å². The molecule has 9 heteroatoms. The second-order valence-electron chi connectivity index (χ2n) is 7.26. The van der Waals surface area contributed by atoms with Crippen molar-refractivity contribution in [2.75, 3.05) is 18.0 Å². The minimum absolute atomic E-state index is 0.148. The third-order valence-electron chi connectivity index (χ3n) is 5.04. The summed E-state index contributed by atoms with van der Waals surface area (Å²) in [5.74, 6) is -0.221. The van der Waals surface area contributed by atoms with E-state index in [1.807, 2.05) is 24.3 Å². The van der Waals surface area contributed by atoms with Crippen molar-refractivity contribution in [1.82, 2.24) is 20.2 Å². The number of carbonyl (C=O) groups is 2. The Bertz CT molecular complexity index is 1070. The number of aryl methyl sites for hydroxylation is 1. The second kappa shape index (κ2) is 9.22. The fourth-order valence-corrected chi connectivity index (χ4v) is 4.34. The van der Waals surface area contributed by atoms with Crippen LogP contribution in [-0.4, -0.2) is 39.9 Å². The molecule has 3 heterocycles. The average Bonchev–Trinajstić information content (AvgIpc) is 3.35. The van der Waals surface area contributed by atoms with Crippen LogP contribution in [-0.2, 0) is 19.8 Å². The van der Waals surface area contributed by atoms with E-state index in [1.165, 1.54) is 11.3 Å². The third-order valence-corrected chi connectivity index (χ3v) is 6.22. The van der Waals surface area contributed by atoms with Gasteiger partial charge in [0, 0.05) is 38.6 Å². The molecule has 1 fully saturated rings. The van der Waals surface area contributed by atoms with Gasteiger partial charge in [-0.3, -0.25) is 14.7 Å². The average molecular weight is 440 g/mol. The number of nitrogens with zero attached hydrogens (tertiary/aromatic N) is 4. The molecular formula is C22H22FN5O2S. The molecule has 0 atom stereocenters. The molecule has 1 N–H and O–H groups in total. The Morgan fingerprint density at radius 3 is 2.65 bits per heavy atom. The van der Waals surface area contributed by atoms with Gasteiger partial charge in [-0.1, -0.05) is 41.7 Å². The molecule has 4 rings (SSSR count). The monoisotopic (exact) mass is 439 g/mol. The number of anilines is 1. The smallest absolute Gasteiger partial charge is 0.326 e. The van der Waals surface area contributed by atoms with E-state index < -0.39 is 6.67 Å². The number of pyridine rings is 1. The van der Waals surface area contributed by atoms with E-state index in [9.17, 15) is 14.0 Å². The lowest BCUT2D eigenvalue weighted by atomic mass is 10.1. The molecule has 1 aliphatic heterocycles. The molecule has 0 bridgehead atoms. The van der Waals surface area contributed by atoms with Crippen LogP contribution in [0.4, 0.5) is 14.3 Å². The minimum Gasteiger partial charge on any atom is -0.347 e. The summed E-state index contributed by atoms with van der Waals surface area (Å²) >= 11 is 1.22. The van der Waals surface area contributed by atoms with Crippen LogP contribution in [0.25, 0.3) is 0 Å². The highest BCUT2D eigenvalue weighted by molar-refractivity contribution is 7.17. The predicted molar refractivity (Wildman–Crippen MR) is 117 cm³/mol. The van der Waals surface area contributed by atoms with Gasteiger partial charge in [0.2, 0.25) is 0 Å². The van der Waals surface area contributed by atoms with Crippen molar-refractivity contribution in [3.8, 4) is 0 Å². The van der Waals surface area contributed by atoms with Crippen molar-refractivity contribution in [2.45, 2.75) is 26.7 Å². The van der Waals surface area contributed by atoms with Gasteiger partial charge in [0.05, 0.1) is 5.69 Å². The van der Waals surface area contributed by atoms with E-state index >= 15 is 0 Å². The number of rotatable bonds is 7. The van der Waals surface area contributed by atoms with Crippen LogP contribution < -0.4 is 10.2 Å². The highest BCUT2D eigenvalue weighted by Crippen LogP contribution is 2.29. The van der Waals surface area contributed by atoms with Crippen LogP contribution >= 0.6 is 11.3 Å². The first-order valence-electron chi connectivity index (χ1n) is 9.90. The fourth-order valence-electron chi connectivity index (χ4n) is 3.33. The maximum absolute atomic E-state index is 12.9. The Morgan fingerprint density at radius 1 is 1.16 bits per heavy atom. The van der Waals surface area contributed by atoms with Gasteiger partial charge < -0.3 is 10.2 Å². The normalized spacial score (nSPS) is 13.7. The topological polar surface area (TPSA) is 78.4 Å². The van der Waals surface area contributed by atoms with Gasteiger partial charge >= 0.3 is 6.03 Å². The van der Waals surface area contributed by atoms with E-state index in [-0.39, 0.29) is 11.9 Å². The minimum atomic E-state index is -0.502. The molecule has 1 aromatic carbocycles. The molecule has 1 aliphatic rings. The second-order valence-corrected chi connectivity index (χ2v) is 8.24. The Kier molecular flexibility index (Phi) is 6.22. The van der Waals surface area contributed by atoms with Gasteiger partial charge in [0.15, 0.2) is 5.13 Å². The SMILES string of the molecule is Cc1nc(N2CCN(Cc3ccc(CF)cc3)C2=O)sc1C(=O)NCc1cccnc1. The van der Waals surface area contributed by atoms with Gasteiger partial charge in [-0.05, 0) is 29.7 Å². The van der Waals surface area contributed by atoms with Crippen LogP contribution in [0.3, 0.4) is 0 Å². The number of hydrogen-bond donors (Lipinski definition) is 1. The Labute approximate surface area is 183 Å². The van der Waals surface area contributed by atoms with Crippen LogP contribution in [0, 0.1) is 6.92 Å². The zero-order chi connectivity index (χ0) is 21.8. The summed E-state index contributed by atoms with van der Waals surface area (Å²) in [7, 11) is 0. The molecule has 1 saturated heterocycles. The number of nitrogens with one attached hydrogen (secondary N) is 1. The lowest BCUT2D eigenvalue weighted by Crippen LogP contribution is -2.31. The van der Waals surface area contributed by atoms with Gasteiger partial charge in [-0.15, -0.1) is 0 Å². The number of hydrogen-bond acceptors (Lipinski definition) is 5. The molecule has 0 unspecified atom stereocenters. The van der Waals surface area contributed by atoms with Crippen LogP contribution in [0.5, 0.6) is 0 Å². The molecule has 3 aromatic rings. The van der Waals surface area contributed by atoms with Crippen LogP contribution in [0.1, 0.15) is 32.1 Å². The molecule has 3 amide bonds. The van der Waals surface area contributed by atoms with Gasteiger partial charge in [0.25, 0.3) is 5.91 Å². The lowest BCUT2D eigenvalue weighted by Gasteiger charge is -2.17. The van der Waals surface area contributed by atoms with Crippen molar-refractivity contribution in [3.63, 3.8) is 0 Å². The number of halogens is 1. The number of thiazole rings is 1. The molecule has 160 valence electrons. The lowest BCUT2D eigenvalue weighted by molar-refractivity contribution is 0.0954. The molecular weight excluding hydrogens is 417 g/mol. The van der Waals surface area contributed by atoms with Gasteiger partial charge in [-0.2, -0.15) is 0 Å². The van der Waals surface area contributed by atoms with E-state index in [0.717, 1.165) is 11.1 Å². The number of carbonyl (C=O) groups excluding carboxylic acids is 2. The number of amides is 3. The van der Waals surface area contributed by atoms with Crippen molar-refractivity contribution in [3.05, 3.63) is 76.1 Å². The molecule has 2 aromatic heterocycles. The van der Waals surface area contributed by atoms with Crippen molar-refractivity contribution in [1.29, 1.82) is 0 Å². The largest absolute Gasteiger partial charge is 0.347 e. The highest BCUT2D eigenvalue weighted by atomic mass is 32.1. The van der Waals surface area contributed by atoms with E-state index in [0.29, 0.717) is 47.4 Å². The summed E-state index contributed by atoms with van der Waals surface area (Å²) in [4.78, 5) is 37.8. The maximum atomic E-state index is 12.9. The zero-order valence-electron chi connectivity index (χ0n) is 17.0. The summed E-state index contributed by atoms with van der Waals surface area (Å²) in [6, 6.07) is 10.7. The molecule has 7 nitrogen and oxygen atoms in total. The molecule has 0 saturated carbocycles. The predicted octanol–water partition coefficient (Wildman–Crippen LogP) is 3.69. The number of alkyl halides is 1. The quantitative estimate of drug-likeness (QED) is 0.609. The highest BCUT2D eigenvalue weighted by Gasteiger charge is 2.32. The van der Waals surface area contributed by atoms with E-state index in [1.54, 1.807) is 41.2 Å². The van der Waals surface area contributed by atoms with E-state index in [4.69, 9.17) is 0 Å². The van der Waals surface area contributed by atoms with Gasteiger partial charge in [-0.25, -0.2) is 14.2 Å². The molecule has 0 aliphatic carbocycles. The maximum Gasteiger partial charge on any atom is 0.326 e. The summed E-state index contributed by atoms with van der Waals surface area (Å²) in [6.07, 6.45) is 3.38. The Balaban J connectivity index is 1.40. The Hall–Kier alpha value is -3.33. The third kappa shape index (κ3) is 4.72. The molecule has 0 spiro atoms. The summed E-state index contributed by atoms with van der Waals surface area (Å²) in [5.41, 5.74) is 3.06. The number of aromatic nitrogens is 2. The number of benzene rings is 1. The number of urea groups is 1. The summed E-state index contributed by atoms with van der Waals surface area (Å²) < 4.78 is 12.7. The van der Waals surface area contributed by atoms with Crippen molar-refractivity contribution < 1.29 is 14.0 Å². The first kappa shape index (κ1) is 20.9. The van der Waals surface area contributed by atoms with Crippen LogP contribution in [0.15, 0.2) is 48.8 Å². The summed E-state index contributed by atoms with van der Waals surface area (Å²) in [6.45, 7) is 3.15. The molecule has 0 radical (unpaired) electrons. The first-order valence-corrected chi connectivity index (χ1v) is 10.7. The zero-order valence-corrected chi connectivity index (χ0v) is 17.9. The molecule has 31 heavy (non-hydrogen) atoms. The Morgan fingerprint density at radius 2 is 1.94 bits per heavy atom. The summed E-state index contributed by atoms with van der Waals surface area (Å²) in [5, 5.41) is 3.39. The first-order chi connectivity index (χ1) is 15.0. The van der Waals surface area contributed by atoms with E-state index in [2.05, 4.69) is 15.3 Å². The van der Waals surface area contributed by atoms with Crippen molar-refractivity contribution in [2.24, 2.45) is 0 Å².